The molecule has 0 unspecified atom stereocenters. The van der Waals surface area contributed by atoms with E-state index in [1.54, 1.807) is 0 Å². The second-order valence-electron chi connectivity index (χ2n) is 6.74. The van der Waals surface area contributed by atoms with Gasteiger partial charge in [0.05, 0.1) is 0 Å². The number of amides is 1. The molecular formula is C15H24N4O2. The van der Waals surface area contributed by atoms with Gasteiger partial charge >= 0.3 is 6.01 Å². The zero-order valence-electron chi connectivity index (χ0n) is 13.1. The third kappa shape index (κ3) is 2.76. The summed E-state index contributed by atoms with van der Waals surface area (Å²) >= 11 is 0. The fraction of sp³-hybridized carbons (Fsp3) is 0.800. The maximum Gasteiger partial charge on any atom is 0.318 e. The highest BCUT2D eigenvalue weighted by Crippen LogP contribution is 2.40. The zero-order valence-corrected chi connectivity index (χ0v) is 13.1. The number of carbonyl (C=O) groups excluding carboxylic acids is 1. The maximum atomic E-state index is 12.1. The number of piperidine rings is 2. The topological polar surface area (TPSA) is 62.5 Å². The molecule has 3 heterocycles. The Morgan fingerprint density at radius 3 is 2.71 bits per heavy atom. The molecule has 0 aromatic carbocycles. The van der Waals surface area contributed by atoms with Gasteiger partial charge in [0.15, 0.2) is 0 Å². The van der Waals surface area contributed by atoms with Crippen LogP contribution in [0.25, 0.3) is 0 Å². The number of likely N-dealkylation sites (tertiary alicyclic amines) is 1. The Morgan fingerprint density at radius 1 is 1.24 bits per heavy atom. The predicted octanol–water partition coefficient (Wildman–Crippen LogP) is 2.00. The summed E-state index contributed by atoms with van der Waals surface area (Å²) in [5, 5.41) is 8.07. The lowest BCUT2D eigenvalue weighted by Gasteiger charge is -2.48. The van der Waals surface area contributed by atoms with Crippen molar-refractivity contribution >= 4 is 11.9 Å². The highest BCUT2D eigenvalue weighted by molar-refractivity contribution is 5.77. The SMILES string of the molecule is Cc1nnc(N2CCC[C@]3(CCC(=O)N(C(C)C)C3)C2)o1. The van der Waals surface area contributed by atoms with Gasteiger partial charge in [0.2, 0.25) is 11.8 Å². The number of rotatable bonds is 2. The molecule has 0 saturated carbocycles. The number of hydrogen-bond acceptors (Lipinski definition) is 5. The van der Waals surface area contributed by atoms with Crippen LogP contribution < -0.4 is 4.90 Å². The Bertz CT molecular complexity index is 527. The van der Waals surface area contributed by atoms with Crippen molar-refractivity contribution in [1.82, 2.24) is 15.1 Å². The van der Waals surface area contributed by atoms with Crippen molar-refractivity contribution < 1.29 is 9.21 Å². The summed E-state index contributed by atoms with van der Waals surface area (Å²) in [6, 6.07) is 0.898. The van der Waals surface area contributed by atoms with Crippen molar-refractivity contribution in [3.05, 3.63) is 5.89 Å². The maximum absolute atomic E-state index is 12.1. The Hall–Kier alpha value is -1.59. The Balaban J connectivity index is 1.77. The van der Waals surface area contributed by atoms with Gasteiger partial charge in [0.25, 0.3) is 0 Å². The lowest BCUT2D eigenvalue weighted by Crippen LogP contribution is -2.55. The molecule has 2 aliphatic rings. The molecule has 21 heavy (non-hydrogen) atoms. The van der Waals surface area contributed by atoms with Gasteiger partial charge in [-0.3, -0.25) is 4.79 Å². The second-order valence-corrected chi connectivity index (χ2v) is 6.74. The molecule has 1 amide bonds. The minimum Gasteiger partial charge on any atom is -0.408 e. The third-order valence-electron chi connectivity index (χ3n) is 4.77. The number of carbonyl (C=O) groups is 1. The molecule has 6 nitrogen and oxygen atoms in total. The molecule has 0 bridgehead atoms. The zero-order chi connectivity index (χ0) is 15.0. The highest BCUT2D eigenvalue weighted by Gasteiger charge is 2.43. The van der Waals surface area contributed by atoms with Gasteiger partial charge < -0.3 is 14.2 Å². The number of nitrogens with zero attached hydrogens (tertiary/aromatic N) is 4. The molecule has 2 fully saturated rings. The van der Waals surface area contributed by atoms with Crippen LogP contribution in [0, 0.1) is 12.3 Å². The van der Waals surface area contributed by atoms with E-state index in [1.165, 1.54) is 6.42 Å². The third-order valence-corrected chi connectivity index (χ3v) is 4.77. The molecule has 0 aliphatic carbocycles. The summed E-state index contributed by atoms with van der Waals surface area (Å²) in [6.07, 6.45) is 3.92. The van der Waals surface area contributed by atoms with Gasteiger partial charge in [0.1, 0.15) is 0 Å². The number of anilines is 1. The smallest absolute Gasteiger partial charge is 0.318 e. The summed E-state index contributed by atoms with van der Waals surface area (Å²) < 4.78 is 5.58. The van der Waals surface area contributed by atoms with Gasteiger partial charge in [-0.15, -0.1) is 5.10 Å². The summed E-state index contributed by atoms with van der Waals surface area (Å²) in [5.74, 6) is 0.897. The molecule has 2 aliphatic heterocycles. The van der Waals surface area contributed by atoms with E-state index in [-0.39, 0.29) is 11.5 Å². The fourth-order valence-electron chi connectivity index (χ4n) is 3.63. The van der Waals surface area contributed by atoms with Crippen LogP contribution in [0.15, 0.2) is 4.42 Å². The molecule has 1 aromatic rings. The van der Waals surface area contributed by atoms with Crippen LogP contribution in [-0.2, 0) is 4.79 Å². The lowest BCUT2D eigenvalue weighted by atomic mass is 9.73. The van der Waals surface area contributed by atoms with Crippen molar-refractivity contribution in [2.24, 2.45) is 5.41 Å². The minimum atomic E-state index is 0.179. The van der Waals surface area contributed by atoms with Crippen molar-refractivity contribution in [3.63, 3.8) is 0 Å². The first-order valence-electron chi connectivity index (χ1n) is 7.84. The molecule has 6 heteroatoms. The molecule has 116 valence electrons. The summed E-state index contributed by atoms with van der Waals surface area (Å²) in [5.41, 5.74) is 0.179. The van der Waals surface area contributed by atoms with Crippen LogP contribution in [0.4, 0.5) is 6.01 Å². The van der Waals surface area contributed by atoms with Crippen LogP contribution in [0.1, 0.15) is 45.4 Å². The fourth-order valence-corrected chi connectivity index (χ4v) is 3.63. The molecule has 1 atom stereocenters. The molecule has 0 radical (unpaired) electrons. The van der Waals surface area contributed by atoms with Crippen molar-refractivity contribution in [2.45, 2.75) is 52.5 Å². The summed E-state index contributed by atoms with van der Waals surface area (Å²) in [6.45, 7) is 8.73. The van der Waals surface area contributed by atoms with E-state index in [9.17, 15) is 4.79 Å². The summed E-state index contributed by atoms with van der Waals surface area (Å²) in [7, 11) is 0. The standard InChI is InChI=1S/C15H24N4O2/c1-11(2)19-10-15(7-5-13(19)20)6-4-8-18(9-15)14-17-16-12(3)21-14/h11H,4-10H2,1-3H3/t15-/m0/s1. The van der Waals surface area contributed by atoms with Gasteiger partial charge in [-0.25, -0.2) is 0 Å². The first-order valence-corrected chi connectivity index (χ1v) is 7.84. The molecule has 1 spiro atoms. The van der Waals surface area contributed by atoms with E-state index in [2.05, 4.69) is 28.9 Å². The highest BCUT2D eigenvalue weighted by atomic mass is 16.4. The van der Waals surface area contributed by atoms with E-state index in [0.717, 1.165) is 32.5 Å². The van der Waals surface area contributed by atoms with Crippen LogP contribution in [0.2, 0.25) is 0 Å². The van der Waals surface area contributed by atoms with E-state index in [1.807, 2.05) is 11.8 Å². The largest absolute Gasteiger partial charge is 0.408 e. The van der Waals surface area contributed by atoms with Gasteiger partial charge in [-0.2, -0.15) is 0 Å². The molecule has 0 N–H and O–H groups in total. The van der Waals surface area contributed by atoms with E-state index >= 15 is 0 Å². The van der Waals surface area contributed by atoms with Crippen LogP contribution in [-0.4, -0.2) is 46.7 Å². The van der Waals surface area contributed by atoms with Gasteiger partial charge in [-0.1, -0.05) is 5.10 Å². The quantitative estimate of drug-likeness (QED) is 0.834. The van der Waals surface area contributed by atoms with Crippen LogP contribution >= 0.6 is 0 Å². The van der Waals surface area contributed by atoms with Crippen molar-refractivity contribution in [1.29, 1.82) is 0 Å². The molecular weight excluding hydrogens is 268 g/mol. The minimum absolute atomic E-state index is 0.179. The average Bonchev–Trinajstić information content (AvgIpc) is 2.89. The Morgan fingerprint density at radius 2 is 2.05 bits per heavy atom. The average molecular weight is 292 g/mol. The van der Waals surface area contributed by atoms with E-state index < -0.39 is 0 Å². The van der Waals surface area contributed by atoms with E-state index in [4.69, 9.17) is 4.42 Å². The summed E-state index contributed by atoms with van der Waals surface area (Å²) in [4.78, 5) is 16.3. The normalized spacial score (nSPS) is 27.0. The van der Waals surface area contributed by atoms with E-state index in [0.29, 0.717) is 24.2 Å². The molecule has 3 rings (SSSR count). The Kier molecular flexibility index (Phi) is 3.63. The van der Waals surface area contributed by atoms with Gasteiger partial charge in [0, 0.05) is 44.4 Å². The predicted molar refractivity (Wildman–Crippen MR) is 79.0 cm³/mol. The molecule has 2 saturated heterocycles. The monoisotopic (exact) mass is 292 g/mol. The number of aryl methyl sites for hydroxylation is 1. The molecule has 1 aromatic heterocycles. The van der Waals surface area contributed by atoms with Crippen molar-refractivity contribution in [3.8, 4) is 0 Å². The second kappa shape index (κ2) is 5.31. The number of hydrogen-bond donors (Lipinski definition) is 0. The lowest BCUT2D eigenvalue weighted by molar-refractivity contribution is -0.140. The Labute approximate surface area is 125 Å². The van der Waals surface area contributed by atoms with Crippen LogP contribution in [0.5, 0.6) is 0 Å². The first kappa shape index (κ1) is 14.4. The van der Waals surface area contributed by atoms with Crippen LogP contribution in [0.3, 0.4) is 0 Å². The first-order chi connectivity index (χ1) is 9.99. The van der Waals surface area contributed by atoms with Crippen molar-refractivity contribution in [2.75, 3.05) is 24.5 Å². The number of aromatic nitrogens is 2. The van der Waals surface area contributed by atoms with Gasteiger partial charge in [-0.05, 0) is 33.1 Å².